The molecule has 0 aromatic heterocycles. The number of amides is 2. The van der Waals surface area contributed by atoms with E-state index in [1.165, 1.54) is 6.07 Å². The zero-order chi connectivity index (χ0) is 27.7. The Hall–Kier alpha value is -3.75. The van der Waals surface area contributed by atoms with Crippen molar-refractivity contribution in [1.29, 1.82) is 0 Å². The molecule has 0 spiro atoms. The number of hydrazone groups is 1. The van der Waals surface area contributed by atoms with E-state index in [2.05, 4.69) is 15.8 Å². The number of halogens is 2. The second-order valence-electron chi connectivity index (χ2n) is 7.90. The van der Waals surface area contributed by atoms with Gasteiger partial charge < -0.3 is 19.5 Å². The van der Waals surface area contributed by atoms with Gasteiger partial charge in [-0.1, -0.05) is 35.3 Å². The molecule has 0 aliphatic heterocycles. The molecule has 3 aromatic carbocycles. The summed E-state index contributed by atoms with van der Waals surface area (Å²) in [6, 6.07) is 14.9. The molecule has 2 N–H and O–H groups in total. The average Bonchev–Trinajstić information content (AvgIpc) is 2.89. The van der Waals surface area contributed by atoms with Gasteiger partial charge in [0.25, 0.3) is 11.8 Å². The van der Waals surface area contributed by atoms with Gasteiger partial charge in [0.1, 0.15) is 0 Å². The van der Waals surface area contributed by atoms with Crippen LogP contribution in [0.25, 0.3) is 0 Å². The molecule has 10 heteroatoms. The van der Waals surface area contributed by atoms with Crippen LogP contribution >= 0.6 is 23.2 Å². The van der Waals surface area contributed by atoms with Gasteiger partial charge in [0.2, 0.25) is 5.75 Å². The number of carbonyl (C=O) groups is 2. The Kier molecular flexibility index (Phi) is 10.4. The lowest BCUT2D eigenvalue weighted by atomic mass is 10.1. The van der Waals surface area contributed by atoms with E-state index in [-0.39, 0.29) is 10.9 Å². The van der Waals surface area contributed by atoms with Crippen molar-refractivity contribution in [3.8, 4) is 17.2 Å². The molecule has 0 saturated carbocycles. The minimum absolute atomic E-state index is 0.251. The first kappa shape index (κ1) is 28.8. The predicted octanol–water partition coefficient (Wildman–Crippen LogP) is 6.60. The van der Waals surface area contributed by atoms with Gasteiger partial charge in [0.05, 0.1) is 36.1 Å². The fraction of sp³-hybridized carbons (Fsp3) is 0.250. The maximum atomic E-state index is 12.9. The Morgan fingerprint density at radius 3 is 2.08 bits per heavy atom. The highest BCUT2D eigenvalue weighted by atomic mass is 35.5. The molecular formula is C28H29Cl2N3O5. The van der Waals surface area contributed by atoms with Gasteiger partial charge in [-0.3, -0.25) is 9.59 Å². The molecule has 0 fully saturated rings. The Balaban J connectivity index is 1.77. The summed E-state index contributed by atoms with van der Waals surface area (Å²) in [5, 5.41) is 7.74. The van der Waals surface area contributed by atoms with Crippen molar-refractivity contribution in [3.63, 3.8) is 0 Å². The SMILES string of the molecule is CCOc1cc(C(=O)N/N=C(/C)c2cccc(NC(=O)c3ccc(Cl)cc3Cl)c2)cc(OCC)c1OCC. The molecule has 3 rings (SSSR count). The van der Waals surface area contributed by atoms with Crippen LogP contribution in [-0.2, 0) is 0 Å². The highest BCUT2D eigenvalue weighted by Crippen LogP contribution is 2.39. The van der Waals surface area contributed by atoms with Gasteiger partial charge in [-0.25, -0.2) is 5.43 Å². The summed E-state index contributed by atoms with van der Waals surface area (Å²) in [6.07, 6.45) is 0. The van der Waals surface area contributed by atoms with Crippen molar-refractivity contribution >= 4 is 46.4 Å². The normalized spacial score (nSPS) is 11.1. The molecule has 0 atom stereocenters. The minimum atomic E-state index is -0.448. The van der Waals surface area contributed by atoms with E-state index in [0.29, 0.717) is 70.2 Å². The highest BCUT2D eigenvalue weighted by Gasteiger charge is 2.18. The molecule has 0 unspecified atom stereocenters. The minimum Gasteiger partial charge on any atom is -0.490 e. The first-order chi connectivity index (χ1) is 18.3. The van der Waals surface area contributed by atoms with Crippen molar-refractivity contribution < 1.29 is 23.8 Å². The van der Waals surface area contributed by atoms with E-state index >= 15 is 0 Å². The van der Waals surface area contributed by atoms with Crippen LogP contribution in [0.3, 0.4) is 0 Å². The fourth-order valence-electron chi connectivity index (χ4n) is 3.48. The molecule has 0 aliphatic rings. The van der Waals surface area contributed by atoms with Crippen molar-refractivity contribution in [2.24, 2.45) is 5.10 Å². The van der Waals surface area contributed by atoms with E-state index in [4.69, 9.17) is 37.4 Å². The topological polar surface area (TPSA) is 98.2 Å². The van der Waals surface area contributed by atoms with Gasteiger partial charge in [-0.2, -0.15) is 5.10 Å². The van der Waals surface area contributed by atoms with Gasteiger partial charge in [-0.05, 0) is 75.7 Å². The highest BCUT2D eigenvalue weighted by molar-refractivity contribution is 6.37. The molecule has 2 amide bonds. The Bertz CT molecular complexity index is 1320. The van der Waals surface area contributed by atoms with E-state index in [0.717, 1.165) is 0 Å². The zero-order valence-electron chi connectivity index (χ0n) is 21.6. The lowest BCUT2D eigenvalue weighted by molar-refractivity contribution is 0.0953. The number of nitrogens with one attached hydrogen (secondary N) is 2. The van der Waals surface area contributed by atoms with E-state index < -0.39 is 5.91 Å². The first-order valence-corrected chi connectivity index (χ1v) is 12.8. The van der Waals surface area contributed by atoms with Gasteiger partial charge in [0.15, 0.2) is 11.5 Å². The molecule has 200 valence electrons. The lowest BCUT2D eigenvalue weighted by Gasteiger charge is -2.16. The zero-order valence-corrected chi connectivity index (χ0v) is 23.1. The summed E-state index contributed by atoms with van der Waals surface area (Å²) in [5.41, 5.74) is 4.93. The smallest absolute Gasteiger partial charge is 0.271 e. The van der Waals surface area contributed by atoms with Gasteiger partial charge >= 0.3 is 0 Å². The number of carbonyl (C=O) groups excluding carboxylic acids is 2. The summed E-state index contributed by atoms with van der Waals surface area (Å²) in [7, 11) is 0. The molecule has 0 saturated heterocycles. The molecule has 38 heavy (non-hydrogen) atoms. The largest absolute Gasteiger partial charge is 0.490 e. The number of nitrogens with zero attached hydrogens (tertiary/aromatic N) is 1. The average molecular weight is 558 g/mol. The number of rotatable bonds is 11. The number of anilines is 1. The molecule has 0 radical (unpaired) electrons. The van der Waals surface area contributed by atoms with Crippen LogP contribution in [0.2, 0.25) is 10.0 Å². The molecule has 8 nitrogen and oxygen atoms in total. The van der Waals surface area contributed by atoms with Crippen molar-refractivity contribution in [2.45, 2.75) is 27.7 Å². The summed E-state index contributed by atoms with van der Waals surface area (Å²) >= 11 is 12.1. The van der Waals surface area contributed by atoms with E-state index in [1.54, 1.807) is 49.4 Å². The van der Waals surface area contributed by atoms with Crippen LogP contribution in [0.5, 0.6) is 17.2 Å². The van der Waals surface area contributed by atoms with Gasteiger partial charge in [-0.15, -0.1) is 0 Å². The van der Waals surface area contributed by atoms with Crippen LogP contribution in [0.15, 0.2) is 59.7 Å². The molecule has 0 heterocycles. The van der Waals surface area contributed by atoms with E-state index in [9.17, 15) is 9.59 Å². The molecule has 0 bridgehead atoms. The molecule has 3 aromatic rings. The first-order valence-electron chi connectivity index (χ1n) is 12.0. The number of hydrogen-bond acceptors (Lipinski definition) is 6. The summed E-state index contributed by atoms with van der Waals surface area (Å²) in [5.74, 6) is 0.450. The summed E-state index contributed by atoms with van der Waals surface area (Å²) in [4.78, 5) is 25.6. The fourth-order valence-corrected chi connectivity index (χ4v) is 3.97. The molecule has 0 aliphatic carbocycles. The lowest BCUT2D eigenvalue weighted by Crippen LogP contribution is -2.20. The summed E-state index contributed by atoms with van der Waals surface area (Å²) < 4.78 is 17.1. The van der Waals surface area contributed by atoms with Crippen LogP contribution < -0.4 is 25.0 Å². The van der Waals surface area contributed by atoms with Crippen molar-refractivity contribution in [1.82, 2.24) is 5.43 Å². The standard InChI is InChI=1S/C28H29Cl2N3O5/c1-5-36-24-14-19(15-25(37-6-2)26(24)38-7-3)27(34)33-32-17(4)18-9-8-10-21(13-18)31-28(35)22-12-11-20(29)16-23(22)30/h8-16H,5-7H2,1-4H3,(H,31,35)(H,33,34)/b32-17-. The number of benzene rings is 3. The summed E-state index contributed by atoms with van der Waals surface area (Å²) in [6.45, 7) is 8.50. The van der Waals surface area contributed by atoms with Crippen LogP contribution in [0.1, 0.15) is 54.0 Å². The second kappa shape index (κ2) is 13.7. The van der Waals surface area contributed by atoms with Crippen LogP contribution in [-0.4, -0.2) is 37.3 Å². The Morgan fingerprint density at radius 1 is 0.816 bits per heavy atom. The maximum Gasteiger partial charge on any atom is 0.271 e. The Morgan fingerprint density at radius 2 is 1.47 bits per heavy atom. The quantitative estimate of drug-likeness (QED) is 0.204. The van der Waals surface area contributed by atoms with Crippen LogP contribution in [0, 0.1) is 0 Å². The predicted molar refractivity (Wildman–Crippen MR) is 150 cm³/mol. The number of ether oxygens (including phenoxy) is 3. The number of hydrogen-bond donors (Lipinski definition) is 2. The second-order valence-corrected chi connectivity index (χ2v) is 8.74. The third-order valence-corrected chi connectivity index (χ3v) is 5.76. The Labute approximate surface area is 231 Å². The van der Waals surface area contributed by atoms with Gasteiger partial charge in [0, 0.05) is 16.3 Å². The van der Waals surface area contributed by atoms with Crippen LogP contribution in [0.4, 0.5) is 5.69 Å². The monoisotopic (exact) mass is 557 g/mol. The van der Waals surface area contributed by atoms with Crippen molar-refractivity contribution in [2.75, 3.05) is 25.1 Å². The third-order valence-electron chi connectivity index (χ3n) is 5.21. The van der Waals surface area contributed by atoms with E-state index in [1.807, 2.05) is 26.8 Å². The maximum absolute atomic E-state index is 12.9. The molecular weight excluding hydrogens is 529 g/mol. The van der Waals surface area contributed by atoms with Crippen molar-refractivity contribution in [3.05, 3.63) is 81.3 Å². The third kappa shape index (κ3) is 7.40.